The van der Waals surface area contributed by atoms with E-state index in [4.69, 9.17) is 0 Å². The van der Waals surface area contributed by atoms with Gasteiger partial charge in [-0.15, -0.1) is 0 Å². The lowest BCUT2D eigenvalue weighted by Gasteiger charge is -2.09. The van der Waals surface area contributed by atoms with E-state index in [2.05, 4.69) is 48.2 Å². The van der Waals surface area contributed by atoms with Crippen LogP contribution >= 0.6 is 31.9 Å². The number of nitrogens with zero attached hydrogens (tertiary/aromatic N) is 1. The Morgan fingerprint density at radius 2 is 2.31 bits per heavy atom. The molecule has 70 valence electrons. The Hall–Kier alpha value is 0.0700. The van der Waals surface area contributed by atoms with E-state index in [0.29, 0.717) is 5.92 Å². The zero-order valence-corrected chi connectivity index (χ0v) is 10.2. The van der Waals surface area contributed by atoms with Gasteiger partial charge in [0, 0.05) is 27.6 Å². The minimum Gasteiger partial charge on any atom is -0.316 e. The van der Waals surface area contributed by atoms with Crippen LogP contribution in [0.25, 0.3) is 0 Å². The number of rotatable bonds is 1. The van der Waals surface area contributed by atoms with Gasteiger partial charge in [0.2, 0.25) is 0 Å². The third-order valence-electron chi connectivity index (χ3n) is 2.28. The van der Waals surface area contributed by atoms with Crippen molar-refractivity contribution in [2.45, 2.75) is 12.3 Å². The van der Waals surface area contributed by atoms with Crippen LogP contribution in [-0.2, 0) is 0 Å². The van der Waals surface area contributed by atoms with Crippen LogP contribution in [0.5, 0.6) is 0 Å². The van der Waals surface area contributed by atoms with Crippen molar-refractivity contribution in [1.82, 2.24) is 10.3 Å². The molecule has 1 aromatic rings. The zero-order chi connectivity index (χ0) is 9.26. The van der Waals surface area contributed by atoms with Crippen LogP contribution in [0, 0.1) is 0 Å². The molecule has 2 nitrogen and oxygen atoms in total. The van der Waals surface area contributed by atoms with Crippen molar-refractivity contribution in [2.75, 3.05) is 13.1 Å². The van der Waals surface area contributed by atoms with Gasteiger partial charge in [-0.3, -0.25) is 4.98 Å². The molecular weight excluding hydrogens is 296 g/mol. The van der Waals surface area contributed by atoms with Crippen LogP contribution in [0.1, 0.15) is 18.0 Å². The quantitative estimate of drug-likeness (QED) is 0.863. The van der Waals surface area contributed by atoms with Crippen LogP contribution in [0.3, 0.4) is 0 Å². The van der Waals surface area contributed by atoms with Gasteiger partial charge in [0.15, 0.2) is 0 Å². The first-order chi connectivity index (χ1) is 6.27. The minimum atomic E-state index is 0.572. The Morgan fingerprint density at radius 3 is 2.92 bits per heavy atom. The molecule has 2 rings (SSSR count). The van der Waals surface area contributed by atoms with Crippen molar-refractivity contribution in [3.8, 4) is 0 Å². The van der Waals surface area contributed by atoms with Crippen molar-refractivity contribution in [3.63, 3.8) is 0 Å². The maximum absolute atomic E-state index is 4.43. The molecule has 2 heterocycles. The molecule has 1 atom stereocenters. The van der Waals surface area contributed by atoms with E-state index in [1.54, 1.807) is 0 Å². The summed E-state index contributed by atoms with van der Waals surface area (Å²) in [5.41, 5.74) is 1.17. The lowest BCUT2D eigenvalue weighted by atomic mass is 10.0. The molecule has 1 fully saturated rings. The van der Waals surface area contributed by atoms with Crippen LogP contribution in [0.15, 0.2) is 21.2 Å². The van der Waals surface area contributed by atoms with Crippen molar-refractivity contribution < 1.29 is 0 Å². The average molecular weight is 306 g/mol. The van der Waals surface area contributed by atoms with Crippen molar-refractivity contribution >= 4 is 31.9 Å². The van der Waals surface area contributed by atoms with E-state index in [1.165, 1.54) is 12.1 Å². The van der Waals surface area contributed by atoms with Crippen molar-refractivity contribution in [3.05, 3.63) is 26.9 Å². The summed E-state index contributed by atoms with van der Waals surface area (Å²) in [5.74, 6) is 0.572. The molecule has 1 unspecified atom stereocenters. The van der Waals surface area contributed by atoms with E-state index in [-0.39, 0.29) is 0 Å². The highest BCUT2D eigenvalue weighted by atomic mass is 79.9. The lowest BCUT2D eigenvalue weighted by molar-refractivity contribution is 0.730. The smallest absolute Gasteiger partial charge is 0.0590 e. The van der Waals surface area contributed by atoms with Crippen LogP contribution < -0.4 is 5.32 Å². The Bertz CT molecular complexity index is 308. The summed E-state index contributed by atoms with van der Waals surface area (Å²) in [5, 5.41) is 3.34. The minimum absolute atomic E-state index is 0.572. The van der Waals surface area contributed by atoms with Gasteiger partial charge in [0.25, 0.3) is 0 Å². The highest BCUT2D eigenvalue weighted by Crippen LogP contribution is 2.28. The third-order valence-corrected chi connectivity index (χ3v) is 3.35. The van der Waals surface area contributed by atoms with Gasteiger partial charge in [-0.1, -0.05) is 0 Å². The van der Waals surface area contributed by atoms with E-state index in [9.17, 15) is 0 Å². The topological polar surface area (TPSA) is 24.9 Å². The van der Waals surface area contributed by atoms with Gasteiger partial charge in [-0.2, -0.15) is 0 Å². The molecule has 0 saturated carbocycles. The Kier molecular flexibility index (Phi) is 3.01. The van der Waals surface area contributed by atoms with Crippen LogP contribution in [0.4, 0.5) is 0 Å². The fourth-order valence-corrected chi connectivity index (χ4v) is 2.92. The number of hydrogen-bond acceptors (Lipinski definition) is 2. The van der Waals surface area contributed by atoms with Gasteiger partial charge in [-0.05, 0) is 50.9 Å². The second-order valence-electron chi connectivity index (χ2n) is 3.21. The van der Waals surface area contributed by atoms with E-state index < -0.39 is 0 Å². The largest absolute Gasteiger partial charge is 0.316 e. The number of halogens is 2. The molecule has 1 N–H and O–H groups in total. The first-order valence-electron chi connectivity index (χ1n) is 4.29. The maximum Gasteiger partial charge on any atom is 0.0590 e. The number of pyridine rings is 1. The summed E-state index contributed by atoms with van der Waals surface area (Å²) < 4.78 is 2.13. The van der Waals surface area contributed by atoms with Gasteiger partial charge in [-0.25, -0.2) is 0 Å². The normalized spacial score (nSPS) is 22.2. The second-order valence-corrected chi connectivity index (χ2v) is 4.98. The molecule has 13 heavy (non-hydrogen) atoms. The Labute approximate surface area is 94.4 Å². The van der Waals surface area contributed by atoms with Crippen LogP contribution in [0.2, 0.25) is 0 Å². The SMILES string of the molecule is Brc1cnc(C2CCNC2)c(Br)c1. The molecular formula is C9H10Br2N2. The number of nitrogens with one attached hydrogen (secondary N) is 1. The molecule has 0 spiro atoms. The van der Waals surface area contributed by atoms with Gasteiger partial charge < -0.3 is 5.32 Å². The van der Waals surface area contributed by atoms with Crippen LogP contribution in [-0.4, -0.2) is 18.1 Å². The second kappa shape index (κ2) is 4.07. The first-order valence-corrected chi connectivity index (χ1v) is 5.87. The molecule has 0 bridgehead atoms. The molecule has 1 aliphatic rings. The molecule has 1 aromatic heterocycles. The molecule has 0 aromatic carbocycles. The summed E-state index contributed by atoms with van der Waals surface area (Å²) in [6.45, 7) is 2.15. The average Bonchev–Trinajstić information content (AvgIpc) is 2.56. The summed E-state index contributed by atoms with van der Waals surface area (Å²) in [4.78, 5) is 4.43. The molecule has 0 aliphatic carbocycles. The van der Waals surface area contributed by atoms with E-state index in [0.717, 1.165) is 22.0 Å². The highest BCUT2D eigenvalue weighted by molar-refractivity contribution is 9.11. The van der Waals surface area contributed by atoms with Gasteiger partial charge in [0.05, 0.1) is 5.69 Å². The summed E-state index contributed by atoms with van der Waals surface area (Å²) in [6.07, 6.45) is 3.05. The number of hydrogen-bond donors (Lipinski definition) is 1. The molecule has 0 amide bonds. The summed E-state index contributed by atoms with van der Waals surface area (Å²) in [6, 6.07) is 2.06. The monoisotopic (exact) mass is 304 g/mol. The van der Waals surface area contributed by atoms with Gasteiger partial charge >= 0.3 is 0 Å². The Balaban J connectivity index is 2.29. The van der Waals surface area contributed by atoms with Crippen molar-refractivity contribution in [2.24, 2.45) is 0 Å². The van der Waals surface area contributed by atoms with Crippen molar-refractivity contribution in [1.29, 1.82) is 0 Å². The molecule has 4 heteroatoms. The first kappa shape index (κ1) is 9.62. The summed E-state index contributed by atoms with van der Waals surface area (Å²) >= 11 is 6.93. The van der Waals surface area contributed by atoms with Gasteiger partial charge in [0.1, 0.15) is 0 Å². The fourth-order valence-electron chi connectivity index (χ4n) is 1.61. The highest BCUT2D eigenvalue weighted by Gasteiger charge is 2.19. The predicted octanol–water partition coefficient (Wildman–Crippen LogP) is 2.68. The molecule has 0 radical (unpaired) electrons. The van der Waals surface area contributed by atoms with E-state index >= 15 is 0 Å². The summed E-state index contributed by atoms with van der Waals surface area (Å²) in [7, 11) is 0. The number of aromatic nitrogens is 1. The maximum atomic E-state index is 4.43. The van der Waals surface area contributed by atoms with E-state index in [1.807, 2.05) is 6.20 Å². The Morgan fingerprint density at radius 1 is 1.46 bits per heavy atom. The zero-order valence-electron chi connectivity index (χ0n) is 7.06. The molecule has 1 aliphatic heterocycles. The fraction of sp³-hybridized carbons (Fsp3) is 0.444. The lowest BCUT2D eigenvalue weighted by Crippen LogP contribution is -2.09. The predicted molar refractivity (Wildman–Crippen MR) is 59.9 cm³/mol. The third kappa shape index (κ3) is 2.11. The molecule has 1 saturated heterocycles. The standard InChI is InChI=1S/C9H10Br2N2/c10-7-3-8(11)9(13-5-7)6-1-2-12-4-6/h3,5-6,12H,1-2,4H2.